The van der Waals surface area contributed by atoms with Gasteiger partial charge in [0, 0.05) is 0 Å². The molecule has 3 nitrogen and oxygen atoms in total. The number of rotatable bonds is 10. The van der Waals surface area contributed by atoms with Crippen molar-refractivity contribution in [1.29, 1.82) is 0 Å². The summed E-state index contributed by atoms with van der Waals surface area (Å²) >= 11 is 0. The molecule has 0 fully saturated rings. The molecule has 0 saturated carbocycles. The average Bonchev–Trinajstić information content (AvgIpc) is 2.20. The van der Waals surface area contributed by atoms with Crippen LogP contribution in [0.2, 0.25) is 0 Å². The van der Waals surface area contributed by atoms with Crippen LogP contribution in [0.5, 0.6) is 0 Å². The van der Waals surface area contributed by atoms with Crippen molar-refractivity contribution in [2.45, 2.75) is 52.1 Å². The Morgan fingerprint density at radius 1 is 1.00 bits per heavy atom. The van der Waals surface area contributed by atoms with E-state index in [9.17, 15) is 0 Å². The summed E-state index contributed by atoms with van der Waals surface area (Å²) in [7, 11) is 0. The van der Waals surface area contributed by atoms with Crippen LogP contribution in [-0.4, -0.2) is 25.8 Å². The van der Waals surface area contributed by atoms with Gasteiger partial charge in [-0.1, -0.05) is 20.3 Å². The van der Waals surface area contributed by atoms with Crippen molar-refractivity contribution >= 4 is 0 Å². The topological polar surface area (TPSA) is 50.1 Å². The van der Waals surface area contributed by atoms with Gasteiger partial charge in [-0.2, -0.15) is 0 Å². The molecule has 0 spiro atoms. The maximum atomic E-state index is 5.44. The van der Waals surface area contributed by atoms with Crippen molar-refractivity contribution in [3.05, 3.63) is 0 Å². The molecule has 0 aromatic heterocycles. The standard InChI is InChI=1S/C11H27N3/c1-3-7-11(13-9-4-2)14-10-6-5-8-12/h11,13-14H,3-10,12H2,1-2H3. The summed E-state index contributed by atoms with van der Waals surface area (Å²) in [6.45, 7) is 7.42. The van der Waals surface area contributed by atoms with E-state index in [0.29, 0.717) is 6.17 Å². The highest BCUT2D eigenvalue weighted by molar-refractivity contribution is 4.63. The second-order valence-electron chi connectivity index (χ2n) is 3.75. The van der Waals surface area contributed by atoms with Crippen LogP contribution in [0.1, 0.15) is 46.0 Å². The molecule has 0 bridgehead atoms. The van der Waals surface area contributed by atoms with Crippen LogP contribution in [0.4, 0.5) is 0 Å². The van der Waals surface area contributed by atoms with Crippen LogP contribution in [0.15, 0.2) is 0 Å². The molecule has 0 aromatic carbocycles. The Morgan fingerprint density at radius 2 is 1.71 bits per heavy atom. The van der Waals surface area contributed by atoms with Gasteiger partial charge >= 0.3 is 0 Å². The van der Waals surface area contributed by atoms with Crippen LogP contribution < -0.4 is 16.4 Å². The van der Waals surface area contributed by atoms with E-state index in [4.69, 9.17) is 5.73 Å². The van der Waals surface area contributed by atoms with Crippen molar-refractivity contribution < 1.29 is 0 Å². The summed E-state index contributed by atoms with van der Waals surface area (Å²) in [6, 6.07) is 0. The molecule has 0 aromatic rings. The van der Waals surface area contributed by atoms with Gasteiger partial charge in [-0.25, -0.2) is 0 Å². The first-order chi connectivity index (χ1) is 6.85. The molecule has 1 unspecified atom stereocenters. The van der Waals surface area contributed by atoms with Crippen LogP contribution in [0.3, 0.4) is 0 Å². The fourth-order valence-corrected chi connectivity index (χ4v) is 1.43. The Morgan fingerprint density at radius 3 is 2.29 bits per heavy atom. The van der Waals surface area contributed by atoms with Gasteiger partial charge in [0.15, 0.2) is 0 Å². The fraction of sp³-hybridized carbons (Fsp3) is 1.00. The zero-order valence-corrected chi connectivity index (χ0v) is 9.81. The molecule has 0 saturated heterocycles. The first-order valence-corrected chi connectivity index (χ1v) is 6.02. The van der Waals surface area contributed by atoms with Crippen molar-refractivity contribution in [3.63, 3.8) is 0 Å². The van der Waals surface area contributed by atoms with Gasteiger partial charge in [-0.05, 0) is 45.3 Å². The minimum Gasteiger partial charge on any atom is -0.330 e. The highest BCUT2D eigenvalue weighted by Crippen LogP contribution is 1.94. The van der Waals surface area contributed by atoms with Gasteiger partial charge in [0.25, 0.3) is 0 Å². The van der Waals surface area contributed by atoms with E-state index in [-0.39, 0.29) is 0 Å². The van der Waals surface area contributed by atoms with E-state index in [0.717, 1.165) is 26.1 Å². The largest absolute Gasteiger partial charge is 0.330 e. The first-order valence-electron chi connectivity index (χ1n) is 6.02. The molecule has 3 heteroatoms. The summed E-state index contributed by atoms with van der Waals surface area (Å²) in [6.07, 6.45) is 6.45. The molecule has 0 aliphatic rings. The van der Waals surface area contributed by atoms with Gasteiger partial charge < -0.3 is 16.4 Å². The lowest BCUT2D eigenvalue weighted by Crippen LogP contribution is -2.42. The van der Waals surface area contributed by atoms with Gasteiger partial charge in [0.2, 0.25) is 0 Å². The van der Waals surface area contributed by atoms with Gasteiger partial charge in [0.05, 0.1) is 6.17 Å². The lowest BCUT2D eigenvalue weighted by molar-refractivity contribution is 0.394. The molecule has 0 heterocycles. The molecule has 0 radical (unpaired) electrons. The predicted molar refractivity (Wildman–Crippen MR) is 63.3 cm³/mol. The summed E-state index contributed by atoms with van der Waals surface area (Å²) in [4.78, 5) is 0. The Hall–Kier alpha value is -0.120. The van der Waals surface area contributed by atoms with Crippen LogP contribution in [0, 0.1) is 0 Å². The predicted octanol–water partition coefficient (Wildman–Crippen LogP) is 1.44. The monoisotopic (exact) mass is 201 g/mol. The number of unbranched alkanes of at least 4 members (excludes halogenated alkanes) is 1. The SMILES string of the molecule is CCCNC(CCC)NCCCCN. The number of nitrogens with one attached hydrogen (secondary N) is 2. The maximum Gasteiger partial charge on any atom is 0.0571 e. The van der Waals surface area contributed by atoms with Gasteiger partial charge in [-0.15, -0.1) is 0 Å². The third-order valence-electron chi connectivity index (χ3n) is 2.24. The van der Waals surface area contributed by atoms with E-state index < -0.39 is 0 Å². The number of nitrogens with two attached hydrogens (primary N) is 1. The van der Waals surface area contributed by atoms with E-state index in [2.05, 4.69) is 24.5 Å². The third kappa shape index (κ3) is 8.48. The van der Waals surface area contributed by atoms with Gasteiger partial charge in [-0.3, -0.25) is 0 Å². The number of hydrogen-bond donors (Lipinski definition) is 3. The molecule has 86 valence electrons. The smallest absolute Gasteiger partial charge is 0.0571 e. The molecule has 14 heavy (non-hydrogen) atoms. The third-order valence-corrected chi connectivity index (χ3v) is 2.24. The van der Waals surface area contributed by atoms with Gasteiger partial charge in [0.1, 0.15) is 0 Å². The fourth-order valence-electron chi connectivity index (χ4n) is 1.43. The molecule has 4 N–H and O–H groups in total. The Labute approximate surface area is 88.8 Å². The Bertz CT molecular complexity index is 107. The normalized spacial score (nSPS) is 13.1. The van der Waals surface area contributed by atoms with Crippen molar-refractivity contribution in [2.75, 3.05) is 19.6 Å². The van der Waals surface area contributed by atoms with E-state index in [1.807, 2.05) is 0 Å². The second kappa shape index (κ2) is 11.0. The molecule has 0 aliphatic carbocycles. The molecular formula is C11H27N3. The van der Waals surface area contributed by atoms with Crippen molar-refractivity contribution in [1.82, 2.24) is 10.6 Å². The molecule has 0 aliphatic heterocycles. The lowest BCUT2D eigenvalue weighted by Gasteiger charge is -2.19. The minimum atomic E-state index is 0.498. The van der Waals surface area contributed by atoms with Crippen LogP contribution in [-0.2, 0) is 0 Å². The van der Waals surface area contributed by atoms with E-state index in [1.54, 1.807) is 0 Å². The second-order valence-corrected chi connectivity index (χ2v) is 3.75. The maximum absolute atomic E-state index is 5.44. The Kier molecular flexibility index (Phi) is 10.9. The summed E-state index contributed by atoms with van der Waals surface area (Å²) in [5.41, 5.74) is 5.44. The quantitative estimate of drug-likeness (QED) is 0.370. The lowest BCUT2D eigenvalue weighted by atomic mass is 10.2. The zero-order chi connectivity index (χ0) is 10.6. The molecular weight excluding hydrogens is 174 g/mol. The summed E-state index contributed by atoms with van der Waals surface area (Å²) < 4.78 is 0. The number of hydrogen-bond acceptors (Lipinski definition) is 3. The van der Waals surface area contributed by atoms with E-state index in [1.165, 1.54) is 25.7 Å². The van der Waals surface area contributed by atoms with Crippen molar-refractivity contribution in [2.24, 2.45) is 5.73 Å². The Balaban J connectivity index is 3.40. The van der Waals surface area contributed by atoms with Crippen LogP contribution >= 0.6 is 0 Å². The zero-order valence-electron chi connectivity index (χ0n) is 9.81. The summed E-state index contributed by atoms with van der Waals surface area (Å²) in [5, 5.41) is 7.03. The van der Waals surface area contributed by atoms with Crippen LogP contribution in [0.25, 0.3) is 0 Å². The highest BCUT2D eigenvalue weighted by atomic mass is 15.1. The molecule has 0 rings (SSSR count). The molecule has 1 atom stereocenters. The van der Waals surface area contributed by atoms with E-state index >= 15 is 0 Å². The first kappa shape index (κ1) is 13.9. The van der Waals surface area contributed by atoms with Crippen molar-refractivity contribution in [3.8, 4) is 0 Å². The average molecular weight is 201 g/mol. The minimum absolute atomic E-state index is 0.498. The summed E-state index contributed by atoms with van der Waals surface area (Å²) in [5.74, 6) is 0. The highest BCUT2D eigenvalue weighted by Gasteiger charge is 2.03. The molecule has 0 amide bonds.